The highest BCUT2D eigenvalue weighted by atomic mass is 16.3. The summed E-state index contributed by atoms with van der Waals surface area (Å²) in [6.45, 7) is 2.31. The monoisotopic (exact) mass is 273 g/mol. The molecule has 108 valence electrons. The maximum absolute atomic E-state index is 12.0. The smallest absolute Gasteiger partial charge is 0.219 e. The maximum Gasteiger partial charge on any atom is 0.219 e. The zero-order valence-electron chi connectivity index (χ0n) is 12.1. The fourth-order valence-electron chi connectivity index (χ4n) is 4.10. The minimum absolute atomic E-state index is 0.0350. The summed E-state index contributed by atoms with van der Waals surface area (Å²) in [6.07, 6.45) is 4.88. The average molecular weight is 273 g/mol. The Kier molecular flexibility index (Phi) is 3.55. The van der Waals surface area contributed by atoms with Gasteiger partial charge in [-0.2, -0.15) is 0 Å². The van der Waals surface area contributed by atoms with Crippen LogP contribution in [0.3, 0.4) is 0 Å². The second kappa shape index (κ2) is 5.21. The van der Waals surface area contributed by atoms with E-state index in [9.17, 15) is 9.90 Å². The van der Waals surface area contributed by atoms with E-state index >= 15 is 0 Å². The number of carbonyl (C=O) groups is 1. The minimum Gasteiger partial charge on any atom is -0.389 e. The number of carbonyl (C=O) groups excluding carboxylic acids is 1. The van der Waals surface area contributed by atoms with Crippen LogP contribution in [-0.4, -0.2) is 28.1 Å². The van der Waals surface area contributed by atoms with Gasteiger partial charge in [-0.05, 0) is 24.8 Å². The van der Waals surface area contributed by atoms with E-state index in [-0.39, 0.29) is 17.9 Å². The number of nitrogens with zero attached hydrogens (tertiary/aromatic N) is 1. The van der Waals surface area contributed by atoms with Crippen molar-refractivity contribution >= 4 is 5.91 Å². The van der Waals surface area contributed by atoms with Crippen molar-refractivity contribution < 1.29 is 9.90 Å². The molecule has 1 aromatic rings. The quantitative estimate of drug-likeness (QED) is 0.854. The first-order chi connectivity index (χ1) is 9.62. The number of piperidine rings is 1. The molecule has 1 saturated heterocycles. The lowest BCUT2D eigenvalue weighted by atomic mass is 9.66. The highest BCUT2D eigenvalue weighted by Gasteiger charge is 2.49. The van der Waals surface area contributed by atoms with Gasteiger partial charge in [-0.1, -0.05) is 43.2 Å². The Hall–Kier alpha value is -1.35. The van der Waals surface area contributed by atoms with E-state index in [2.05, 4.69) is 12.1 Å². The van der Waals surface area contributed by atoms with E-state index in [1.54, 1.807) is 6.92 Å². The number of benzene rings is 1. The summed E-state index contributed by atoms with van der Waals surface area (Å²) < 4.78 is 0. The number of rotatable bonds is 1. The van der Waals surface area contributed by atoms with E-state index in [0.29, 0.717) is 6.54 Å². The van der Waals surface area contributed by atoms with Gasteiger partial charge in [0, 0.05) is 19.4 Å². The van der Waals surface area contributed by atoms with Crippen molar-refractivity contribution in [3.63, 3.8) is 0 Å². The number of aliphatic hydroxyl groups is 1. The Morgan fingerprint density at radius 1 is 1.25 bits per heavy atom. The Morgan fingerprint density at radius 3 is 2.70 bits per heavy atom. The van der Waals surface area contributed by atoms with Gasteiger partial charge in [-0.3, -0.25) is 4.79 Å². The Morgan fingerprint density at radius 2 is 2.00 bits per heavy atom. The van der Waals surface area contributed by atoms with Gasteiger partial charge in [-0.25, -0.2) is 0 Å². The van der Waals surface area contributed by atoms with Gasteiger partial charge in [-0.15, -0.1) is 0 Å². The van der Waals surface area contributed by atoms with E-state index < -0.39 is 5.60 Å². The largest absolute Gasteiger partial charge is 0.389 e. The molecule has 3 atom stereocenters. The SMILES string of the molecule is CC(=O)N1CC[C@]2(O)CCCC[C@H]2[C@@H]1c1ccccc1. The van der Waals surface area contributed by atoms with Crippen LogP contribution in [-0.2, 0) is 4.79 Å². The summed E-state index contributed by atoms with van der Waals surface area (Å²) in [5.41, 5.74) is 0.581. The molecule has 3 heteroatoms. The number of hydrogen-bond donors (Lipinski definition) is 1. The topological polar surface area (TPSA) is 40.5 Å². The molecule has 1 heterocycles. The fourth-order valence-corrected chi connectivity index (χ4v) is 4.10. The van der Waals surface area contributed by atoms with Crippen molar-refractivity contribution in [2.24, 2.45) is 5.92 Å². The molecule has 1 aromatic carbocycles. The first-order valence-electron chi connectivity index (χ1n) is 7.66. The second-order valence-corrected chi connectivity index (χ2v) is 6.27. The first kappa shape index (κ1) is 13.6. The summed E-state index contributed by atoms with van der Waals surface area (Å²) in [5, 5.41) is 11.0. The molecule has 0 unspecified atom stereocenters. The van der Waals surface area contributed by atoms with Gasteiger partial charge in [0.15, 0.2) is 0 Å². The van der Waals surface area contributed by atoms with Crippen LogP contribution in [0.1, 0.15) is 50.6 Å². The average Bonchev–Trinajstić information content (AvgIpc) is 2.46. The van der Waals surface area contributed by atoms with Crippen molar-refractivity contribution in [1.82, 2.24) is 4.90 Å². The first-order valence-corrected chi connectivity index (χ1v) is 7.66. The van der Waals surface area contributed by atoms with Crippen LogP contribution in [0.15, 0.2) is 30.3 Å². The molecule has 1 amide bonds. The number of likely N-dealkylation sites (tertiary alicyclic amines) is 1. The highest BCUT2D eigenvalue weighted by molar-refractivity contribution is 5.74. The number of fused-ring (bicyclic) bond motifs is 1. The molecule has 1 aliphatic heterocycles. The summed E-state index contributed by atoms with van der Waals surface area (Å²) in [4.78, 5) is 14.0. The van der Waals surface area contributed by atoms with E-state index in [1.807, 2.05) is 23.1 Å². The van der Waals surface area contributed by atoms with Crippen molar-refractivity contribution in [2.45, 2.75) is 50.7 Å². The van der Waals surface area contributed by atoms with E-state index in [0.717, 1.165) is 37.7 Å². The number of hydrogen-bond acceptors (Lipinski definition) is 2. The summed E-state index contributed by atoms with van der Waals surface area (Å²) >= 11 is 0. The van der Waals surface area contributed by atoms with Crippen molar-refractivity contribution in [2.75, 3.05) is 6.54 Å². The second-order valence-electron chi connectivity index (χ2n) is 6.27. The molecule has 0 aromatic heterocycles. The Bertz CT molecular complexity index is 487. The standard InChI is InChI=1S/C17H23NO2/c1-13(19)18-12-11-17(20)10-6-5-9-15(17)16(18)14-7-3-2-4-8-14/h2-4,7-8,15-16,20H,5-6,9-12H2,1H3/t15-,16-,17+/m0/s1. The Labute approximate surface area is 120 Å². The molecule has 1 saturated carbocycles. The molecule has 1 N–H and O–H groups in total. The third-order valence-corrected chi connectivity index (χ3v) is 5.11. The molecule has 3 nitrogen and oxygen atoms in total. The van der Waals surface area contributed by atoms with Gasteiger partial charge in [0.2, 0.25) is 5.91 Å². The number of amides is 1. The van der Waals surface area contributed by atoms with Crippen LogP contribution in [0.4, 0.5) is 0 Å². The van der Waals surface area contributed by atoms with Crippen LogP contribution in [0, 0.1) is 5.92 Å². The lowest BCUT2D eigenvalue weighted by Gasteiger charge is -2.52. The minimum atomic E-state index is -0.579. The molecule has 1 aliphatic carbocycles. The van der Waals surface area contributed by atoms with Gasteiger partial charge < -0.3 is 10.0 Å². The zero-order valence-corrected chi connectivity index (χ0v) is 12.1. The molecule has 0 bridgehead atoms. The predicted molar refractivity (Wildman–Crippen MR) is 78.1 cm³/mol. The molecular formula is C17H23NO2. The molecular weight excluding hydrogens is 250 g/mol. The van der Waals surface area contributed by atoms with Gasteiger partial charge in [0.05, 0.1) is 11.6 Å². The van der Waals surface area contributed by atoms with E-state index in [4.69, 9.17) is 0 Å². The highest BCUT2D eigenvalue weighted by Crippen LogP contribution is 2.49. The van der Waals surface area contributed by atoms with Gasteiger partial charge in [0.25, 0.3) is 0 Å². The van der Waals surface area contributed by atoms with Crippen LogP contribution >= 0.6 is 0 Å². The van der Waals surface area contributed by atoms with Crippen LogP contribution < -0.4 is 0 Å². The normalized spacial score (nSPS) is 33.6. The third kappa shape index (κ3) is 2.24. The summed E-state index contributed by atoms with van der Waals surface area (Å²) in [5.74, 6) is 0.294. The zero-order chi connectivity index (χ0) is 14.2. The molecule has 3 rings (SSSR count). The van der Waals surface area contributed by atoms with Crippen molar-refractivity contribution in [1.29, 1.82) is 0 Å². The molecule has 0 radical (unpaired) electrons. The van der Waals surface area contributed by atoms with E-state index in [1.165, 1.54) is 0 Å². The predicted octanol–water partition coefficient (Wildman–Crippen LogP) is 2.90. The van der Waals surface area contributed by atoms with Crippen molar-refractivity contribution in [3.05, 3.63) is 35.9 Å². The van der Waals surface area contributed by atoms with Gasteiger partial charge >= 0.3 is 0 Å². The molecule has 20 heavy (non-hydrogen) atoms. The van der Waals surface area contributed by atoms with Crippen LogP contribution in [0.2, 0.25) is 0 Å². The molecule has 0 spiro atoms. The summed E-state index contributed by atoms with van der Waals surface area (Å²) in [6, 6.07) is 10.2. The van der Waals surface area contributed by atoms with Crippen LogP contribution in [0.5, 0.6) is 0 Å². The van der Waals surface area contributed by atoms with Gasteiger partial charge in [0.1, 0.15) is 0 Å². The maximum atomic E-state index is 12.0. The fraction of sp³-hybridized carbons (Fsp3) is 0.588. The molecule has 2 aliphatic rings. The van der Waals surface area contributed by atoms with Crippen LogP contribution in [0.25, 0.3) is 0 Å². The summed E-state index contributed by atoms with van der Waals surface area (Å²) in [7, 11) is 0. The lowest BCUT2D eigenvalue weighted by Crippen LogP contribution is -2.55. The Balaban J connectivity index is 2.00. The molecule has 2 fully saturated rings. The third-order valence-electron chi connectivity index (χ3n) is 5.11. The lowest BCUT2D eigenvalue weighted by molar-refractivity contribution is -0.153. The van der Waals surface area contributed by atoms with Crippen molar-refractivity contribution in [3.8, 4) is 0 Å².